The Bertz CT molecular complexity index is 490. The van der Waals surface area contributed by atoms with Crippen molar-refractivity contribution in [1.82, 2.24) is 4.72 Å². The van der Waals surface area contributed by atoms with Gasteiger partial charge in [-0.3, -0.25) is 0 Å². The fraction of sp³-hybridized carbons (Fsp3) is 0.400. The molecule has 0 radical (unpaired) electrons. The highest BCUT2D eigenvalue weighted by atomic mass is 32.2. The number of nitrogen functional groups attached to an aromatic ring is 1. The summed E-state index contributed by atoms with van der Waals surface area (Å²) in [7, 11) is -3.77. The van der Waals surface area contributed by atoms with Crippen LogP contribution in [0.1, 0.15) is 6.92 Å². The van der Waals surface area contributed by atoms with Crippen LogP contribution in [0.15, 0.2) is 23.1 Å². The van der Waals surface area contributed by atoms with E-state index < -0.39 is 15.8 Å². The van der Waals surface area contributed by atoms with Crippen molar-refractivity contribution in [2.45, 2.75) is 11.8 Å². The Kier molecular flexibility index (Phi) is 4.44. The molecule has 1 rings (SSSR count). The fourth-order valence-electron chi connectivity index (χ4n) is 1.16. The van der Waals surface area contributed by atoms with Gasteiger partial charge < -0.3 is 10.8 Å². The predicted octanol–water partition coefficient (Wildman–Crippen LogP) is 0.315. The van der Waals surface area contributed by atoms with E-state index in [9.17, 15) is 12.8 Å². The summed E-state index contributed by atoms with van der Waals surface area (Å²) < 4.78 is 38.7. The quantitative estimate of drug-likeness (QED) is 0.666. The zero-order valence-electron chi connectivity index (χ0n) is 9.35. The summed E-state index contributed by atoms with van der Waals surface area (Å²) in [6, 6.07) is 3.08. The highest BCUT2D eigenvalue weighted by Gasteiger charge is 2.18. The van der Waals surface area contributed by atoms with Crippen LogP contribution in [0.3, 0.4) is 0 Å². The van der Waals surface area contributed by atoms with Crippen LogP contribution in [0, 0.1) is 11.7 Å². The zero-order chi connectivity index (χ0) is 13.1. The minimum atomic E-state index is -3.77. The minimum absolute atomic E-state index is 0.0929. The lowest BCUT2D eigenvalue weighted by Crippen LogP contribution is -2.30. The number of aliphatic hydroxyl groups is 1. The standard InChI is InChI=1S/C10H15FN2O3S/c1-7(6-14)5-13-17(15,16)10-3-2-8(11)4-9(10)12/h2-4,7,13-14H,5-6,12H2,1H3. The number of nitrogens with two attached hydrogens (primary N) is 1. The molecule has 0 saturated heterocycles. The maximum absolute atomic E-state index is 12.8. The van der Waals surface area contributed by atoms with Crippen molar-refractivity contribution in [3.63, 3.8) is 0 Å². The van der Waals surface area contributed by atoms with Crippen molar-refractivity contribution in [1.29, 1.82) is 0 Å². The number of sulfonamides is 1. The topological polar surface area (TPSA) is 92.4 Å². The van der Waals surface area contributed by atoms with Crippen LogP contribution in [0.4, 0.5) is 10.1 Å². The fourth-order valence-corrected chi connectivity index (χ4v) is 2.43. The number of hydrogen-bond acceptors (Lipinski definition) is 4. The number of rotatable bonds is 5. The van der Waals surface area contributed by atoms with Gasteiger partial charge in [0.15, 0.2) is 0 Å². The lowest BCUT2D eigenvalue weighted by molar-refractivity contribution is 0.238. The van der Waals surface area contributed by atoms with E-state index in [0.29, 0.717) is 0 Å². The Labute approximate surface area is 99.5 Å². The molecule has 1 aromatic rings. The number of benzene rings is 1. The lowest BCUT2D eigenvalue weighted by atomic mass is 10.2. The van der Waals surface area contributed by atoms with Crippen LogP contribution in [-0.4, -0.2) is 26.7 Å². The van der Waals surface area contributed by atoms with Gasteiger partial charge in [0, 0.05) is 13.2 Å². The first-order valence-corrected chi connectivity index (χ1v) is 6.50. The van der Waals surface area contributed by atoms with Crippen molar-refractivity contribution in [3.05, 3.63) is 24.0 Å². The van der Waals surface area contributed by atoms with Gasteiger partial charge in [0.2, 0.25) is 10.0 Å². The van der Waals surface area contributed by atoms with E-state index in [1.807, 2.05) is 0 Å². The summed E-state index contributed by atoms with van der Waals surface area (Å²) in [5, 5.41) is 8.78. The Morgan fingerprint density at radius 3 is 2.71 bits per heavy atom. The molecule has 0 bridgehead atoms. The van der Waals surface area contributed by atoms with Crippen LogP contribution in [0.2, 0.25) is 0 Å². The van der Waals surface area contributed by atoms with E-state index in [2.05, 4.69) is 4.72 Å². The Hall–Kier alpha value is -1.18. The summed E-state index contributed by atoms with van der Waals surface area (Å²) in [4.78, 5) is -0.163. The molecular weight excluding hydrogens is 247 g/mol. The monoisotopic (exact) mass is 262 g/mol. The first kappa shape index (κ1) is 13.9. The molecule has 0 amide bonds. The summed E-state index contributed by atoms with van der Waals surface area (Å²) in [5.41, 5.74) is 5.29. The van der Waals surface area contributed by atoms with Crippen LogP contribution in [-0.2, 0) is 10.0 Å². The third-order valence-electron chi connectivity index (χ3n) is 2.19. The summed E-state index contributed by atoms with van der Waals surface area (Å²) >= 11 is 0. The van der Waals surface area contributed by atoms with Gasteiger partial charge in [-0.1, -0.05) is 6.92 Å². The van der Waals surface area contributed by atoms with Crippen LogP contribution in [0.25, 0.3) is 0 Å². The van der Waals surface area contributed by atoms with E-state index in [1.165, 1.54) is 0 Å². The molecule has 0 aliphatic rings. The van der Waals surface area contributed by atoms with Crippen molar-refractivity contribution in [3.8, 4) is 0 Å². The average molecular weight is 262 g/mol. The summed E-state index contributed by atoms with van der Waals surface area (Å²) in [5.74, 6) is -0.795. The SMILES string of the molecule is CC(CO)CNS(=O)(=O)c1ccc(F)cc1N. The average Bonchev–Trinajstić information content (AvgIpc) is 2.25. The highest BCUT2D eigenvalue weighted by Crippen LogP contribution is 2.18. The second kappa shape index (κ2) is 5.44. The number of hydrogen-bond donors (Lipinski definition) is 3. The van der Waals surface area contributed by atoms with Gasteiger partial charge in [-0.2, -0.15) is 0 Å². The molecule has 1 aromatic carbocycles. The van der Waals surface area contributed by atoms with Crippen molar-refractivity contribution >= 4 is 15.7 Å². The van der Waals surface area contributed by atoms with E-state index in [4.69, 9.17) is 10.8 Å². The number of nitrogens with one attached hydrogen (secondary N) is 1. The third-order valence-corrected chi connectivity index (χ3v) is 3.69. The highest BCUT2D eigenvalue weighted by molar-refractivity contribution is 7.89. The molecule has 1 atom stereocenters. The molecule has 7 heteroatoms. The number of aliphatic hydroxyl groups excluding tert-OH is 1. The van der Waals surface area contributed by atoms with Crippen LogP contribution in [0.5, 0.6) is 0 Å². The molecule has 0 heterocycles. The van der Waals surface area contributed by atoms with E-state index in [1.54, 1.807) is 6.92 Å². The van der Waals surface area contributed by atoms with E-state index >= 15 is 0 Å². The Balaban J connectivity index is 2.90. The molecule has 5 nitrogen and oxygen atoms in total. The molecule has 0 fully saturated rings. The molecule has 4 N–H and O–H groups in total. The molecule has 0 saturated carbocycles. The van der Waals surface area contributed by atoms with Crippen LogP contribution < -0.4 is 10.5 Å². The van der Waals surface area contributed by atoms with E-state index in [0.717, 1.165) is 18.2 Å². The second-order valence-corrected chi connectivity index (χ2v) is 5.56. The van der Waals surface area contributed by atoms with Gasteiger partial charge in [-0.25, -0.2) is 17.5 Å². The maximum atomic E-state index is 12.8. The van der Waals surface area contributed by atoms with Gasteiger partial charge in [0.25, 0.3) is 0 Å². The van der Waals surface area contributed by atoms with Gasteiger partial charge in [-0.15, -0.1) is 0 Å². The minimum Gasteiger partial charge on any atom is -0.398 e. The maximum Gasteiger partial charge on any atom is 0.242 e. The third kappa shape index (κ3) is 3.65. The molecule has 17 heavy (non-hydrogen) atoms. The molecule has 96 valence electrons. The Morgan fingerprint density at radius 1 is 1.53 bits per heavy atom. The first-order valence-electron chi connectivity index (χ1n) is 5.02. The van der Waals surface area contributed by atoms with Gasteiger partial charge in [0.05, 0.1) is 5.69 Å². The zero-order valence-corrected chi connectivity index (χ0v) is 10.2. The molecule has 0 aromatic heterocycles. The largest absolute Gasteiger partial charge is 0.398 e. The van der Waals surface area contributed by atoms with Crippen molar-refractivity contribution in [2.24, 2.45) is 5.92 Å². The smallest absolute Gasteiger partial charge is 0.242 e. The number of halogens is 1. The van der Waals surface area contributed by atoms with Gasteiger partial charge in [-0.05, 0) is 24.1 Å². The van der Waals surface area contributed by atoms with Crippen LogP contribution >= 0.6 is 0 Å². The molecule has 0 aliphatic heterocycles. The molecule has 0 spiro atoms. The first-order chi connectivity index (χ1) is 7.86. The number of anilines is 1. The van der Waals surface area contributed by atoms with Gasteiger partial charge >= 0.3 is 0 Å². The second-order valence-electron chi connectivity index (χ2n) is 3.82. The molecule has 1 unspecified atom stereocenters. The normalized spacial score (nSPS) is 13.6. The van der Waals surface area contributed by atoms with E-state index in [-0.39, 0.29) is 29.7 Å². The Morgan fingerprint density at radius 2 is 2.18 bits per heavy atom. The lowest BCUT2D eigenvalue weighted by Gasteiger charge is -2.11. The molecular formula is C10H15FN2O3S. The molecule has 0 aliphatic carbocycles. The van der Waals surface area contributed by atoms with Crippen molar-refractivity contribution < 1.29 is 17.9 Å². The predicted molar refractivity (Wildman–Crippen MR) is 62.3 cm³/mol. The van der Waals surface area contributed by atoms with Crippen molar-refractivity contribution in [2.75, 3.05) is 18.9 Å². The summed E-state index contributed by atoms with van der Waals surface area (Å²) in [6.07, 6.45) is 0. The van der Waals surface area contributed by atoms with Gasteiger partial charge in [0.1, 0.15) is 10.7 Å². The summed E-state index contributed by atoms with van der Waals surface area (Å²) in [6.45, 7) is 1.66.